The number of carbonyl (C=O) groups excluding carboxylic acids is 1. The zero-order valence-corrected chi connectivity index (χ0v) is 12.2. The molecule has 2 aliphatic heterocycles. The Morgan fingerprint density at radius 2 is 2.05 bits per heavy atom. The van der Waals surface area contributed by atoms with E-state index in [0.717, 1.165) is 12.8 Å². The molecule has 1 fully saturated rings. The van der Waals surface area contributed by atoms with Gasteiger partial charge in [-0.3, -0.25) is 4.79 Å². The third kappa shape index (κ3) is 1.47. The topological polar surface area (TPSA) is 32.3 Å². The molecule has 0 unspecified atom stereocenters. The number of nitrogens with one attached hydrogen (secondary N) is 1. The third-order valence-corrected chi connectivity index (χ3v) is 5.08. The lowest BCUT2D eigenvalue weighted by Crippen LogP contribution is -2.67. The van der Waals surface area contributed by atoms with Gasteiger partial charge < -0.3 is 10.2 Å². The van der Waals surface area contributed by atoms with Crippen molar-refractivity contribution in [2.24, 2.45) is 0 Å². The highest BCUT2D eigenvalue weighted by Crippen LogP contribution is 2.52. The van der Waals surface area contributed by atoms with Crippen molar-refractivity contribution >= 4 is 11.6 Å². The lowest BCUT2D eigenvalue weighted by molar-refractivity contribution is -0.126. The average molecular weight is 258 g/mol. The lowest BCUT2D eigenvalue weighted by atomic mass is 9.72. The second kappa shape index (κ2) is 3.75. The number of amides is 1. The number of fused-ring (bicyclic) bond motifs is 1. The minimum atomic E-state index is -0.265. The Labute approximate surface area is 115 Å². The molecule has 3 nitrogen and oxygen atoms in total. The van der Waals surface area contributed by atoms with E-state index in [1.54, 1.807) is 0 Å². The van der Waals surface area contributed by atoms with Crippen LogP contribution in [-0.4, -0.2) is 18.6 Å². The van der Waals surface area contributed by atoms with Crippen LogP contribution in [0.5, 0.6) is 0 Å². The summed E-state index contributed by atoms with van der Waals surface area (Å²) in [5, 5.41) is 3.29. The number of aryl methyl sites for hydroxylation is 1. The van der Waals surface area contributed by atoms with E-state index in [0.29, 0.717) is 6.42 Å². The molecule has 0 aliphatic carbocycles. The molecule has 1 aromatic rings. The van der Waals surface area contributed by atoms with Gasteiger partial charge in [0.05, 0.1) is 0 Å². The van der Waals surface area contributed by atoms with E-state index in [4.69, 9.17) is 0 Å². The monoisotopic (exact) mass is 258 g/mol. The van der Waals surface area contributed by atoms with Gasteiger partial charge in [-0.2, -0.15) is 0 Å². The van der Waals surface area contributed by atoms with Crippen LogP contribution in [-0.2, 0) is 10.2 Å². The summed E-state index contributed by atoms with van der Waals surface area (Å²) in [5.74, 6) is 0.177. The van der Waals surface area contributed by atoms with E-state index in [9.17, 15) is 4.79 Å². The number of carbonyl (C=O) groups is 1. The molecule has 3 rings (SSSR count). The number of likely N-dealkylation sites (N-methyl/N-ethyl adjacent to an activating group) is 1. The molecular weight excluding hydrogens is 236 g/mol. The fourth-order valence-electron chi connectivity index (χ4n) is 3.87. The number of anilines is 1. The van der Waals surface area contributed by atoms with Gasteiger partial charge in [0.25, 0.3) is 0 Å². The van der Waals surface area contributed by atoms with Gasteiger partial charge in [0, 0.05) is 24.6 Å². The Hall–Kier alpha value is -1.51. The number of hydrogen-bond acceptors (Lipinski definition) is 2. The number of hydrogen-bond donors (Lipinski definition) is 1. The van der Waals surface area contributed by atoms with Gasteiger partial charge in [-0.25, -0.2) is 0 Å². The van der Waals surface area contributed by atoms with Crippen LogP contribution in [0.25, 0.3) is 0 Å². The van der Waals surface area contributed by atoms with Crippen molar-refractivity contribution in [2.75, 3.05) is 11.9 Å². The van der Waals surface area contributed by atoms with Crippen LogP contribution < -0.4 is 10.2 Å². The quantitative estimate of drug-likeness (QED) is 0.776. The van der Waals surface area contributed by atoms with E-state index < -0.39 is 0 Å². The van der Waals surface area contributed by atoms with Crippen LogP contribution >= 0.6 is 0 Å². The first-order chi connectivity index (χ1) is 8.88. The minimum absolute atomic E-state index is 0.0703. The Kier molecular flexibility index (Phi) is 2.47. The van der Waals surface area contributed by atoms with Crippen molar-refractivity contribution in [3.63, 3.8) is 0 Å². The molecule has 0 aromatic heterocycles. The Bertz CT molecular complexity index is 550. The SMILES string of the molecule is Cc1ccc2c(c1)C(C)(C)[C@]1(CCCC(=O)N1)N2C. The molecule has 1 spiro atoms. The molecule has 1 aromatic carbocycles. The third-order valence-electron chi connectivity index (χ3n) is 5.08. The molecule has 0 bridgehead atoms. The van der Waals surface area contributed by atoms with E-state index in [-0.39, 0.29) is 17.0 Å². The van der Waals surface area contributed by atoms with Crippen LogP contribution in [0.1, 0.15) is 44.2 Å². The fraction of sp³-hybridized carbons (Fsp3) is 0.562. The van der Waals surface area contributed by atoms with Gasteiger partial charge in [0.15, 0.2) is 0 Å². The molecule has 102 valence electrons. The van der Waals surface area contributed by atoms with Crippen molar-refractivity contribution in [2.45, 2.75) is 51.1 Å². The van der Waals surface area contributed by atoms with Crippen LogP contribution in [0.15, 0.2) is 18.2 Å². The van der Waals surface area contributed by atoms with Gasteiger partial charge in [0.2, 0.25) is 5.91 Å². The standard InChI is InChI=1S/C16H22N2O/c1-11-7-8-13-12(10-11)15(2,3)16(18(13)4)9-5-6-14(19)17-16/h7-8,10H,5-6,9H2,1-4H3,(H,17,19)/t16-/m0/s1. The first-order valence-corrected chi connectivity index (χ1v) is 7.04. The summed E-state index contributed by atoms with van der Waals surface area (Å²) in [6.07, 6.45) is 2.63. The number of benzene rings is 1. The van der Waals surface area contributed by atoms with Gasteiger partial charge >= 0.3 is 0 Å². The maximum Gasteiger partial charge on any atom is 0.221 e. The predicted molar refractivity (Wildman–Crippen MR) is 77.3 cm³/mol. The van der Waals surface area contributed by atoms with Crippen LogP contribution in [0.3, 0.4) is 0 Å². The van der Waals surface area contributed by atoms with Crippen LogP contribution in [0.2, 0.25) is 0 Å². The zero-order valence-electron chi connectivity index (χ0n) is 12.2. The van der Waals surface area contributed by atoms with Crippen LogP contribution in [0.4, 0.5) is 5.69 Å². The Morgan fingerprint density at radius 1 is 1.32 bits per heavy atom. The first kappa shape index (κ1) is 12.5. The van der Waals surface area contributed by atoms with E-state index in [1.807, 2.05) is 0 Å². The fourth-order valence-corrected chi connectivity index (χ4v) is 3.87. The van der Waals surface area contributed by atoms with Crippen molar-refractivity contribution in [3.05, 3.63) is 29.3 Å². The highest BCUT2D eigenvalue weighted by molar-refractivity contribution is 5.81. The summed E-state index contributed by atoms with van der Waals surface area (Å²) < 4.78 is 0. The molecule has 1 N–H and O–H groups in total. The lowest BCUT2D eigenvalue weighted by Gasteiger charge is -2.49. The maximum absolute atomic E-state index is 11.9. The molecule has 3 heteroatoms. The molecule has 1 saturated heterocycles. The molecule has 0 saturated carbocycles. The second-order valence-electron chi connectivity index (χ2n) is 6.47. The summed E-state index contributed by atoms with van der Waals surface area (Å²) in [6.45, 7) is 6.63. The molecular formula is C16H22N2O. The summed E-state index contributed by atoms with van der Waals surface area (Å²) >= 11 is 0. The number of piperidine rings is 1. The highest BCUT2D eigenvalue weighted by Gasteiger charge is 2.57. The van der Waals surface area contributed by atoms with Gasteiger partial charge in [-0.15, -0.1) is 0 Å². The summed E-state index contributed by atoms with van der Waals surface area (Å²) in [6, 6.07) is 6.60. The molecule has 2 aliphatic rings. The molecule has 0 radical (unpaired) electrons. The highest BCUT2D eigenvalue weighted by atomic mass is 16.2. The summed E-state index contributed by atoms with van der Waals surface area (Å²) in [7, 11) is 2.11. The molecule has 19 heavy (non-hydrogen) atoms. The number of nitrogens with zero attached hydrogens (tertiary/aromatic N) is 1. The van der Waals surface area contributed by atoms with Gasteiger partial charge in [0.1, 0.15) is 5.66 Å². The first-order valence-electron chi connectivity index (χ1n) is 7.04. The van der Waals surface area contributed by atoms with Gasteiger partial charge in [-0.05, 0) is 31.4 Å². The van der Waals surface area contributed by atoms with Crippen LogP contribution in [0, 0.1) is 6.92 Å². The second-order valence-corrected chi connectivity index (χ2v) is 6.47. The van der Waals surface area contributed by atoms with Crippen molar-refractivity contribution in [1.82, 2.24) is 5.32 Å². The largest absolute Gasteiger partial charge is 0.351 e. The van der Waals surface area contributed by atoms with E-state index in [1.165, 1.54) is 16.8 Å². The van der Waals surface area contributed by atoms with Crippen molar-refractivity contribution in [1.29, 1.82) is 0 Å². The van der Waals surface area contributed by atoms with E-state index >= 15 is 0 Å². The predicted octanol–water partition coefficient (Wildman–Crippen LogP) is 2.72. The zero-order chi connectivity index (χ0) is 13.8. The smallest absolute Gasteiger partial charge is 0.221 e. The molecule has 1 amide bonds. The summed E-state index contributed by atoms with van der Waals surface area (Å²) in [4.78, 5) is 14.2. The van der Waals surface area contributed by atoms with E-state index in [2.05, 4.69) is 56.2 Å². The number of rotatable bonds is 0. The Morgan fingerprint density at radius 3 is 2.74 bits per heavy atom. The maximum atomic E-state index is 11.9. The van der Waals surface area contributed by atoms with Crippen molar-refractivity contribution < 1.29 is 4.79 Å². The van der Waals surface area contributed by atoms with Gasteiger partial charge in [-0.1, -0.05) is 31.5 Å². The average Bonchev–Trinajstić information content (AvgIpc) is 2.50. The normalized spacial score (nSPS) is 28.4. The molecule has 2 heterocycles. The minimum Gasteiger partial charge on any atom is -0.351 e. The molecule has 1 atom stereocenters. The summed E-state index contributed by atoms with van der Waals surface area (Å²) in [5.41, 5.74) is 3.53. The van der Waals surface area contributed by atoms with Crippen molar-refractivity contribution in [3.8, 4) is 0 Å². The Balaban J connectivity index is 2.17.